The first-order chi connectivity index (χ1) is 11.6. The van der Waals surface area contributed by atoms with Gasteiger partial charge in [-0.15, -0.1) is 0 Å². The summed E-state index contributed by atoms with van der Waals surface area (Å²) in [6.45, 7) is 4.24. The Labute approximate surface area is 143 Å². The van der Waals surface area contributed by atoms with Crippen molar-refractivity contribution in [3.8, 4) is 5.69 Å². The maximum absolute atomic E-state index is 12.5. The minimum atomic E-state index is 0.236. The smallest absolute Gasteiger partial charge is 0.236 e. The summed E-state index contributed by atoms with van der Waals surface area (Å²) in [6, 6.07) is 10.4. The molecule has 1 aliphatic heterocycles. The van der Waals surface area contributed by atoms with Gasteiger partial charge >= 0.3 is 0 Å². The molecule has 1 aromatic heterocycles. The van der Waals surface area contributed by atoms with E-state index in [0.717, 1.165) is 37.2 Å². The Balaban J connectivity index is 1.56. The molecule has 1 atom stereocenters. The number of hydrogen-bond acceptors (Lipinski definition) is 3. The second-order valence-corrected chi connectivity index (χ2v) is 6.73. The number of nitrogens with zero attached hydrogens (tertiary/aromatic N) is 4. The topological polar surface area (TPSA) is 41.4 Å². The van der Waals surface area contributed by atoms with Crippen LogP contribution in [-0.2, 0) is 11.3 Å². The third-order valence-electron chi connectivity index (χ3n) is 4.64. The van der Waals surface area contributed by atoms with Crippen LogP contribution in [0.3, 0.4) is 0 Å². The summed E-state index contributed by atoms with van der Waals surface area (Å²) in [5.41, 5.74) is 2.16. The van der Waals surface area contributed by atoms with Crippen molar-refractivity contribution >= 4 is 5.91 Å². The number of likely N-dealkylation sites (tertiary alicyclic amines) is 1. The number of likely N-dealkylation sites (N-methyl/N-ethyl adjacent to an activating group) is 1. The lowest BCUT2D eigenvalue weighted by Gasteiger charge is -2.34. The average Bonchev–Trinajstić information content (AvgIpc) is 3.04. The molecule has 2 heterocycles. The molecule has 0 spiro atoms. The molecule has 0 bridgehead atoms. The number of carbonyl (C=O) groups is 1. The van der Waals surface area contributed by atoms with Gasteiger partial charge in [0.25, 0.3) is 0 Å². The second-order valence-electron chi connectivity index (χ2n) is 6.73. The number of amides is 1. The van der Waals surface area contributed by atoms with Crippen LogP contribution < -0.4 is 0 Å². The Bertz CT molecular complexity index is 667. The van der Waals surface area contributed by atoms with Crippen LogP contribution in [0, 0.1) is 0 Å². The Hall–Kier alpha value is -2.14. The molecule has 1 fully saturated rings. The predicted octanol–water partition coefficient (Wildman–Crippen LogP) is 2.71. The third-order valence-corrected chi connectivity index (χ3v) is 4.64. The van der Waals surface area contributed by atoms with Gasteiger partial charge in [-0.3, -0.25) is 9.69 Å². The van der Waals surface area contributed by atoms with Crippen LogP contribution in [0.25, 0.3) is 5.69 Å². The molecule has 5 heteroatoms. The Morgan fingerprint density at radius 3 is 2.83 bits per heavy atom. The molecular weight excluding hydrogens is 300 g/mol. The zero-order chi connectivity index (χ0) is 16.9. The molecule has 1 amide bonds. The van der Waals surface area contributed by atoms with E-state index in [0.29, 0.717) is 12.6 Å². The molecule has 1 aromatic carbocycles. The van der Waals surface area contributed by atoms with E-state index in [4.69, 9.17) is 0 Å². The molecule has 0 aliphatic carbocycles. The third kappa shape index (κ3) is 4.03. The van der Waals surface area contributed by atoms with Gasteiger partial charge in [-0.05, 0) is 45.4 Å². The van der Waals surface area contributed by atoms with Gasteiger partial charge in [0.15, 0.2) is 0 Å². The van der Waals surface area contributed by atoms with Gasteiger partial charge < -0.3 is 4.90 Å². The number of piperidine rings is 1. The highest BCUT2D eigenvalue weighted by molar-refractivity contribution is 5.78. The van der Waals surface area contributed by atoms with E-state index < -0.39 is 0 Å². The first-order valence-corrected chi connectivity index (χ1v) is 8.70. The van der Waals surface area contributed by atoms with Gasteiger partial charge in [0.2, 0.25) is 5.91 Å². The van der Waals surface area contributed by atoms with Gasteiger partial charge in [-0.2, -0.15) is 5.10 Å². The van der Waals surface area contributed by atoms with Gasteiger partial charge in [0.1, 0.15) is 0 Å². The lowest BCUT2D eigenvalue weighted by Crippen LogP contribution is -2.46. The first kappa shape index (κ1) is 16.7. The van der Waals surface area contributed by atoms with Crippen molar-refractivity contribution in [2.75, 3.05) is 20.1 Å². The SMILES string of the molecule is CC1CCCCN1C(=O)CN(C)Cc1cnn(-c2ccccc2)c1. The minimum Gasteiger partial charge on any atom is -0.339 e. The van der Waals surface area contributed by atoms with E-state index >= 15 is 0 Å². The maximum atomic E-state index is 12.5. The Morgan fingerprint density at radius 2 is 2.08 bits per heavy atom. The Kier molecular flexibility index (Phi) is 5.30. The molecule has 5 nitrogen and oxygen atoms in total. The van der Waals surface area contributed by atoms with Crippen LogP contribution in [0.5, 0.6) is 0 Å². The highest BCUT2D eigenvalue weighted by atomic mass is 16.2. The van der Waals surface area contributed by atoms with Crippen LogP contribution >= 0.6 is 0 Å². The molecule has 2 aromatic rings. The molecule has 128 valence electrons. The van der Waals surface area contributed by atoms with E-state index in [1.54, 1.807) is 0 Å². The van der Waals surface area contributed by atoms with Crippen molar-refractivity contribution in [2.24, 2.45) is 0 Å². The van der Waals surface area contributed by atoms with Gasteiger partial charge in [0, 0.05) is 30.9 Å². The Morgan fingerprint density at radius 1 is 1.29 bits per heavy atom. The number of hydrogen-bond donors (Lipinski definition) is 0. The number of para-hydroxylation sites is 1. The van der Waals surface area contributed by atoms with Crippen molar-refractivity contribution in [1.82, 2.24) is 19.6 Å². The van der Waals surface area contributed by atoms with Crippen LogP contribution in [0.15, 0.2) is 42.7 Å². The average molecular weight is 326 g/mol. The summed E-state index contributed by atoms with van der Waals surface area (Å²) >= 11 is 0. The summed E-state index contributed by atoms with van der Waals surface area (Å²) < 4.78 is 1.87. The van der Waals surface area contributed by atoms with Crippen molar-refractivity contribution in [2.45, 2.75) is 38.8 Å². The first-order valence-electron chi connectivity index (χ1n) is 8.70. The maximum Gasteiger partial charge on any atom is 0.236 e. The van der Waals surface area contributed by atoms with Gasteiger partial charge in [-0.1, -0.05) is 18.2 Å². The molecule has 1 aliphatic rings. The number of carbonyl (C=O) groups excluding carboxylic acids is 1. The fourth-order valence-corrected chi connectivity index (χ4v) is 3.32. The van der Waals surface area contributed by atoms with Crippen molar-refractivity contribution in [3.05, 3.63) is 48.3 Å². The fraction of sp³-hybridized carbons (Fsp3) is 0.474. The molecule has 1 unspecified atom stereocenters. The summed E-state index contributed by atoms with van der Waals surface area (Å²) in [5, 5.41) is 4.42. The van der Waals surface area contributed by atoms with Crippen molar-refractivity contribution < 1.29 is 4.79 Å². The highest BCUT2D eigenvalue weighted by Crippen LogP contribution is 2.17. The minimum absolute atomic E-state index is 0.236. The van der Waals surface area contributed by atoms with Crippen molar-refractivity contribution in [1.29, 1.82) is 0 Å². The van der Waals surface area contributed by atoms with E-state index in [-0.39, 0.29) is 5.91 Å². The summed E-state index contributed by atoms with van der Waals surface area (Å²) in [4.78, 5) is 16.6. The van der Waals surface area contributed by atoms with Crippen molar-refractivity contribution in [3.63, 3.8) is 0 Å². The zero-order valence-corrected chi connectivity index (χ0v) is 14.6. The number of rotatable bonds is 5. The van der Waals surface area contributed by atoms with E-state index in [9.17, 15) is 4.79 Å². The van der Waals surface area contributed by atoms with Gasteiger partial charge in [-0.25, -0.2) is 4.68 Å². The molecule has 1 saturated heterocycles. The zero-order valence-electron chi connectivity index (χ0n) is 14.6. The quantitative estimate of drug-likeness (QED) is 0.848. The molecule has 24 heavy (non-hydrogen) atoms. The standard InChI is InChI=1S/C19H26N4O/c1-16-8-6-7-11-22(16)19(24)15-21(2)13-17-12-20-23(14-17)18-9-4-3-5-10-18/h3-5,9-10,12,14,16H,6-8,11,13,15H2,1-2H3. The number of aromatic nitrogens is 2. The van der Waals surface area contributed by atoms with E-state index in [1.165, 1.54) is 6.42 Å². The molecular formula is C19H26N4O. The molecule has 0 saturated carbocycles. The largest absolute Gasteiger partial charge is 0.339 e. The second kappa shape index (κ2) is 7.62. The summed E-state index contributed by atoms with van der Waals surface area (Å²) in [6.07, 6.45) is 7.39. The predicted molar refractivity (Wildman–Crippen MR) is 94.9 cm³/mol. The lowest BCUT2D eigenvalue weighted by molar-refractivity contribution is -0.135. The normalized spacial score (nSPS) is 18.1. The molecule has 0 radical (unpaired) electrons. The van der Waals surface area contributed by atoms with E-state index in [1.807, 2.05) is 59.4 Å². The van der Waals surface area contributed by atoms with Gasteiger partial charge in [0.05, 0.1) is 18.4 Å². The number of benzene rings is 1. The summed E-state index contributed by atoms with van der Waals surface area (Å²) in [7, 11) is 1.99. The highest BCUT2D eigenvalue weighted by Gasteiger charge is 2.23. The van der Waals surface area contributed by atoms with E-state index in [2.05, 4.69) is 16.9 Å². The monoisotopic (exact) mass is 326 g/mol. The molecule has 3 rings (SSSR count). The van der Waals surface area contributed by atoms with Crippen LogP contribution in [0.2, 0.25) is 0 Å². The fourth-order valence-electron chi connectivity index (χ4n) is 3.32. The molecule has 0 N–H and O–H groups in total. The summed E-state index contributed by atoms with van der Waals surface area (Å²) in [5.74, 6) is 0.236. The van der Waals surface area contributed by atoms with Crippen LogP contribution in [0.1, 0.15) is 31.7 Å². The van der Waals surface area contributed by atoms with Crippen LogP contribution in [0.4, 0.5) is 0 Å². The lowest BCUT2D eigenvalue weighted by atomic mass is 10.0. The van der Waals surface area contributed by atoms with Crippen LogP contribution in [-0.4, -0.2) is 51.7 Å².